The first-order chi connectivity index (χ1) is 9.69. The van der Waals surface area contributed by atoms with Crippen LogP contribution in [-0.4, -0.2) is 31.1 Å². The van der Waals surface area contributed by atoms with Crippen molar-refractivity contribution in [3.63, 3.8) is 0 Å². The van der Waals surface area contributed by atoms with Crippen LogP contribution < -0.4 is 5.32 Å². The summed E-state index contributed by atoms with van der Waals surface area (Å²) in [5.41, 5.74) is 1.34. The molecular formula is C17H27ClN2. The minimum absolute atomic E-state index is 0.725. The number of hydrogen-bond donors (Lipinski definition) is 1. The molecule has 0 amide bonds. The fraction of sp³-hybridized carbons (Fsp3) is 0.647. The Bertz CT molecular complexity index is 390. The summed E-state index contributed by atoms with van der Waals surface area (Å²) in [6.07, 6.45) is 5.32. The van der Waals surface area contributed by atoms with Crippen molar-refractivity contribution >= 4 is 11.6 Å². The minimum Gasteiger partial charge on any atom is -0.314 e. The lowest BCUT2D eigenvalue weighted by Gasteiger charge is -2.26. The second kappa shape index (κ2) is 8.02. The summed E-state index contributed by atoms with van der Waals surface area (Å²) in [4.78, 5) is 2.44. The van der Waals surface area contributed by atoms with Gasteiger partial charge >= 0.3 is 0 Å². The molecule has 0 radical (unpaired) electrons. The maximum absolute atomic E-state index is 5.93. The molecule has 0 saturated heterocycles. The first kappa shape index (κ1) is 15.8. The third kappa shape index (κ3) is 4.76. The molecule has 0 heterocycles. The van der Waals surface area contributed by atoms with Crippen molar-refractivity contribution in [2.45, 2.75) is 45.2 Å². The molecule has 1 aliphatic rings. The first-order valence-corrected chi connectivity index (χ1v) is 8.23. The van der Waals surface area contributed by atoms with Crippen LogP contribution in [0.3, 0.4) is 0 Å². The van der Waals surface area contributed by atoms with E-state index in [-0.39, 0.29) is 0 Å². The standard InChI is InChI=1S/C17H27ClN2/c1-3-11-19-17-6-4-5-15(17)13-20(2)12-14-7-9-16(18)10-8-14/h7-10,15,17,19H,3-6,11-13H2,1-2H3. The van der Waals surface area contributed by atoms with Crippen molar-refractivity contribution in [3.8, 4) is 0 Å². The van der Waals surface area contributed by atoms with Gasteiger partial charge in [-0.15, -0.1) is 0 Å². The van der Waals surface area contributed by atoms with Crippen LogP contribution in [0.25, 0.3) is 0 Å². The number of halogens is 1. The number of benzene rings is 1. The van der Waals surface area contributed by atoms with E-state index in [0.29, 0.717) is 0 Å². The van der Waals surface area contributed by atoms with E-state index in [1.54, 1.807) is 0 Å². The number of nitrogens with zero attached hydrogens (tertiary/aromatic N) is 1. The maximum Gasteiger partial charge on any atom is 0.0406 e. The Labute approximate surface area is 128 Å². The molecule has 1 aliphatic carbocycles. The Hall–Kier alpha value is -0.570. The van der Waals surface area contributed by atoms with Crippen LogP contribution in [0.1, 0.15) is 38.2 Å². The van der Waals surface area contributed by atoms with Crippen molar-refractivity contribution in [2.24, 2.45) is 5.92 Å². The van der Waals surface area contributed by atoms with E-state index >= 15 is 0 Å². The van der Waals surface area contributed by atoms with Crippen LogP contribution >= 0.6 is 11.6 Å². The summed E-state index contributed by atoms with van der Waals surface area (Å²) in [7, 11) is 2.23. The Morgan fingerprint density at radius 1 is 1.25 bits per heavy atom. The van der Waals surface area contributed by atoms with Gasteiger partial charge < -0.3 is 10.2 Å². The summed E-state index contributed by atoms with van der Waals surface area (Å²) in [6, 6.07) is 8.93. The highest BCUT2D eigenvalue weighted by Gasteiger charge is 2.27. The van der Waals surface area contributed by atoms with Crippen molar-refractivity contribution in [1.29, 1.82) is 0 Å². The van der Waals surface area contributed by atoms with Gasteiger partial charge in [0.25, 0.3) is 0 Å². The maximum atomic E-state index is 5.93. The number of nitrogens with one attached hydrogen (secondary N) is 1. The third-order valence-corrected chi connectivity index (χ3v) is 4.48. The molecule has 0 aliphatic heterocycles. The monoisotopic (exact) mass is 294 g/mol. The van der Waals surface area contributed by atoms with E-state index in [4.69, 9.17) is 11.6 Å². The molecular weight excluding hydrogens is 268 g/mol. The Morgan fingerprint density at radius 2 is 2.00 bits per heavy atom. The van der Waals surface area contributed by atoms with Gasteiger partial charge in [-0.25, -0.2) is 0 Å². The van der Waals surface area contributed by atoms with Gasteiger partial charge in [0.05, 0.1) is 0 Å². The lowest BCUT2D eigenvalue weighted by Crippen LogP contribution is -2.38. The van der Waals surface area contributed by atoms with Gasteiger partial charge in [0, 0.05) is 24.2 Å². The first-order valence-electron chi connectivity index (χ1n) is 7.85. The summed E-state index contributed by atoms with van der Waals surface area (Å²) in [5.74, 6) is 0.804. The average Bonchev–Trinajstić information content (AvgIpc) is 2.86. The highest BCUT2D eigenvalue weighted by Crippen LogP contribution is 2.26. The zero-order chi connectivity index (χ0) is 14.4. The third-order valence-electron chi connectivity index (χ3n) is 4.23. The molecule has 1 fully saturated rings. The lowest BCUT2D eigenvalue weighted by atomic mass is 10.0. The van der Waals surface area contributed by atoms with Gasteiger partial charge in [-0.1, -0.05) is 37.1 Å². The second-order valence-electron chi connectivity index (χ2n) is 6.07. The molecule has 2 nitrogen and oxygen atoms in total. The summed E-state index contributed by atoms with van der Waals surface area (Å²) in [5, 5.41) is 4.53. The van der Waals surface area contributed by atoms with Crippen LogP contribution in [0.5, 0.6) is 0 Å². The molecule has 20 heavy (non-hydrogen) atoms. The van der Waals surface area contributed by atoms with Crippen molar-refractivity contribution < 1.29 is 0 Å². The predicted octanol–water partition coefficient (Wildman–Crippen LogP) is 3.94. The largest absolute Gasteiger partial charge is 0.314 e. The number of hydrogen-bond acceptors (Lipinski definition) is 2. The smallest absolute Gasteiger partial charge is 0.0406 e. The summed E-state index contributed by atoms with van der Waals surface area (Å²) in [6.45, 7) is 5.59. The zero-order valence-corrected chi connectivity index (χ0v) is 13.5. The van der Waals surface area contributed by atoms with E-state index < -0.39 is 0 Å². The number of rotatable bonds is 7. The van der Waals surface area contributed by atoms with Gasteiger partial charge in [0.1, 0.15) is 0 Å². The highest BCUT2D eigenvalue weighted by atomic mass is 35.5. The normalized spacial score (nSPS) is 22.6. The topological polar surface area (TPSA) is 15.3 Å². The summed E-state index contributed by atoms with van der Waals surface area (Å²) < 4.78 is 0. The zero-order valence-electron chi connectivity index (χ0n) is 12.7. The van der Waals surface area contributed by atoms with Crippen molar-refractivity contribution in [1.82, 2.24) is 10.2 Å². The van der Waals surface area contributed by atoms with Crippen LogP contribution in [0.15, 0.2) is 24.3 Å². The van der Waals surface area contributed by atoms with Gasteiger partial charge in [-0.2, -0.15) is 0 Å². The molecule has 3 heteroatoms. The van der Waals surface area contributed by atoms with Crippen molar-refractivity contribution in [2.75, 3.05) is 20.1 Å². The molecule has 1 aromatic carbocycles. The lowest BCUT2D eigenvalue weighted by molar-refractivity contribution is 0.245. The van der Waals surface area contributed by atoms with E-state index in [9.17, 15) is 0 Å². The Kier molecular flexibility index (Phi) is 6.34. The molecule has 112 valence electrons. The van der Waals surface area contributed by atoms with E-state index in [0.717, 1.165) is 30.1 Å². The van der Waals surface area contributed by atoms with Gasteiger partial charge in [-0.05, 0) is 56.5 Å². The molecule has 0 bridgehead atoms. The molecule has 1 saturated carbocycles. The van der Waals surface area contributed by atoms with E-state index in [2.05, 4.69) is 36.3 Å². The molecule has 2 unspecified atom stereocenters. The van der Waals surface area contributed by atoms with Crippen LogP contribution in [0.4, 0.5) is 0 Å². The van der Waals surface area contributed by atoms with E-state index in [1.165, 1.54) is 37.8 Å². The Morgan fingerprint density at radius 3 is 2.70 bits per heavy atom. The fourth-order valence-electron chi connectivity index (χ4n) is 3.22. The molecule has 2 atom stereocenters. The molecule has 2 rings (SSSR count). The van der Waals surface area contributed by atoms with Crippen LogP contribution in [-0.2, 0) is 6.54 Å². The Balaban J connectivity index is 1.81. The molecule has 1 N–H and O–H groups in total. The van der Waals surface area contributed by atoms with Gasteiger partial charge in [-0.3, -0.25) is 0 Å². The van der Waals surface area contributed by atoms with Crippen LogP contribution in [0.2, 0.25) is 5.02 Å². The van der Waals surface area contributed by atoms with Crippen LogP contribution in [0, 0.1) is 5.92 Å². The highest BCUT2D eigenvalue weighted by molar-refractivity contribution is 6.30. The predicted molar refractivity (Wildman–Crippen MR) is 87.2 cm³/mol. The van der Waals surface area contributed by atoms with E-state index in [1.807, 2.05) is 12.1 Å². The molecule has 0 aromatic heterocycles. The SMILES string of the molecule is CCCNC1CCCC1CN(C)Cc1ccc(Cl)cc1. The quantitative estimate of drug-likeness (QED) is 0.819. The summed E-state index contributed by atoms with van der Waals surface area (Å²) >= 11 is 5.93. The second-order valence-corrected chi connectivity index (χ2v) is 6.51. The molecule has 0 spiro atoms. The average molecular weight is 295 g/mol. The van der Waals surface area contributed by atoms with Gasteiger partial charge in [0.2, 0.25) is 0 Å². The minimum atomic E-state index is 0.725. The van der Waals surface area contributed by atoms with Crippen molar-refractivity contribution in [3.05, 3.63) is 34.9 Å². The fourth-order valence-corrected chi connectivity index (χ4v) is 3.35. The van der Waals surface area contributed by atoms with Gasteiger partial charge in [0.15, 0.2) is 0 Å². The molecule has 1 aromatic rings.